The van der Waals surface area contributed by atoms with Crippen LogP contribution in [0, 0.1) is 0 Å². The fourth-order valence-corrected chi connectivity index (χ4v) is 1.77. The second-order valence-electron chi connectivity index (χ2n) is 3.55. The van der Waals surface area contributed by atoms with Gasteiger partial charge in [-0.1, -0.05) is 29.8 Å². The van der Waals surface area contributed by atoms with Gasteiger partial charge in [-0.3, -0.25) is 0 Å². The third-order valence-electron chi connectivity index (χ3n) is 2.49. The van der Waals surface area contributed by atoms with Gasteiger partial charge < -0.3 is 14.8 Å². The molecular weight excluding hydrogens is 226 g/mol. The summed E-state index contributed by atoms with van der Waals surface area (Å²) in [6.45, 7) is 2.68. The number of benzene rings is 1. The standard InChI is InChI=1S/C12H18ClNO2/c1-9(14-8-12(15-2)16-3)10-6-4-5-7-11(10)13/h4-7,9,12,14H,8H2,1-3H3/t9-/m0/s1. The summed E-state index contributed by atoms with van der Waals surface area (Å²) in [6.07, 6.45) is -0.232. The van der Waals surface area contributed by atoms with Crippen LogP contribution < -0.4 is 5.32 Å². The Morgan fingerprint density at radius 3 is 2.44 bits per heavy atom. The van der Waals surface area contributed by atoms with Crippen LogP contribution in [0.25, 0.3) is 0 Å². The Balaban J connectivity index is 2.52. The molecule has 0 saturated heterocycles. The largest absolute Gasteiger partial charge is 0.355 e. The van der Waals surface area contributed by atoms with Crippen LogP contribution in [0.5, 0.6) is 0 Å². The first-order chi connectivity index (χ1) is 7.69. The molecule has 0 unspecified atom stereocenters. The molecule has 90 valence electrons. The van der Waals surface area contributed by atoms with Gasteiger partial charge in [-0.05, 0) is 18.6 Å². The molecule has 4 heteroatoms. The Morgan fingerprint density at radius 2 is 1.88 bits per heavy atom. The minimum atomic E-state index is -0.232. The van der Waals surface area contributed by atoms with E-state index >= 15 is 0 Å². The van der Waals surface area contributed by atoms with Gasteiger partial charge in [0.2, 0.25) is 0 Å². The van der Waals surface area contributed by atoms with Gasteiger partial charge in [0.15, 0.2) is 6.29 Å². The van der Waals surface area contributed by atoms with Crippen LogP contribution in [0.1, 0.15) is 18.5 Å². The summed E-state index contributed by atoms with van der Waals surface area (Å²) in [5.41, 5.74) is 1.08. The normalized spacial score (nSPS) is 13.1. The number of ether oxygens (including phenoxy) is 2. The Kier molecular flexibility index (Phi) is 5.77. The lowest BCUT2D eigenvalue weighted by Gasteiger charge is -2.19. The molecule has 1 atom stereocenters. The molecular formula is C12H18ClNO2. The van der Waals surface area contributed by atoms with E-state index in [0.717, 1.165) is 10.6 Å². The Morgan fingerprint density at radius 1 is 1.25 bits per heavy atom. The van der Waals surface area contributed by atoms with Crippen molar-refractivity contribution in [2.75, 3.05) is 20.8 Å². The maximum atomic E-state index is 6.10. The molecule has 1 aromatic carbocycles. The van der Waals surface area contributed by atoms with Gasteiger partial charge in [0.1, 0.15) is 0 Å². The second kappa shape index (κ2) is 6.86. The average molecular weight is 244 g/mol. The topological polar surface area (TPSA) is 30.5 Å². The quantitative estimate of drug-likeness (QED) is 0.780. The lowest BCUT2D eigenvalue weighted by Crippen LogP contribution is -2.31. The molecule has 0 aromatic heterocycles. The highest BCUT2D eigenvalue weighted by atomic mass is 35.5. The molecule has 0 amide bonds. The Labute approximate surface area is 102 Å². The van der Waals surface area contributed by atoms with Crippen LogP contribution >= 0.6 is 11.6 Å². The van der Waals surface area contributed by atoms with Crippen molar-refractivity contribution in [1.82, 2.24) is 5.32 Å². The maximum Gasteiger partial charge on any atom is 0.169 e. The summed E-state index contributed by atoms with van der Waals surface area (Å²) in [5.74, 6) is 0. The van der Waals surface area contributed by atoms with E-state index < -0.39 is 0 Å². The summed E-state index contributed by atoms with van der Waals surface area (Å²) in [7, 11) is 3.24. The van der Waals surface area contributed by atoms with Crippen molar-refractivity contribution in [3.05, 3.63) is 34.9 Å². The molecule has 1 N–H and O–H groups in total. The first-order valence-electron chi connectivity index (χ1n) is 5.22. The van der Waals surface area contributed by atoms with Gasteiger partial charge in [-0.15, -0.1) is 0 Å². The monoisotopic (exact) mass is 243 g/mol. The summed E-state index contributed by atoms with van der Waals surface area (Å²) in [6, 6.07) is 7.96. The van der Waals surface area contributed by atoms with Crippen molar-refractivity contribution >= 4 is 11.6 Å². The molecule has 0 heterocycles. The van der Waals surface area contributed by atoms with Gasteiger partial charge >= 0.3 is 0 Å². The van der Waals surface area contributed by atoms with Crippen molar-refractivity contribution in [3.8, 4) is 0 Å². The first-order valence-corrected chi connectivity index (χ1v) is 5.60. The van der Waals surface area contributed by atoms with Crippen molar-refractivity contribution in [3.63, 3.8) is 0 Å². The summed E-state index contributed by atoms with van der Waals surface area (Å²) < 4.78 is 10.2. The van der Waals surface area contributed by atoms with Crippen molar-refractivity contribution in [1.29, 1.82) is 0 Å². The molecule has 1 rings (SSSR count). The van der Waals surface area contributed by atoms with E-state index in [1.165, 1.54) is 0 Å². The maximum absolute atomic E-state index is 6.10. The highest BCUT2D eigenvalue weighted by Gasteiger charge is 2.11. The van der Waals surface area contributed by atoms with E-state index in [-0.39, 0.29) is 12.3 Å². The van der Waals surface area contributed by atoms with Gasteiger partial charge in [0.05, 0.1) is 0 Å². The van der Waals surface area contributed by atoms with Crippen LogP contribution in [-0.4, -0.2) is 27.1 Å². The SMILES string of the molecule is COC(CN[C@@H](C)c1ccccc1Cl)OC. The fourth-order valence-electron chi connectivity index (χ4n) is 1.47. The van der Waals surface area contributed by atoms with E-state index in [4.69, 9.17) is 21.1 Å². The molecule has 0 spiro atoms. The third kappa shape index (κ3) is 3.76. The van der Waals surface area contributed by atoms with Gasteiger partial charge in [-0.2, -0.15) is 0 Å². The molecule has 0 aliphatic heterocycles. The van der Waals surface area contributed by atoms with Crippen LogP contribution in [0.15, 0.2) is 24.3 Å². The number of methoxy groups -OCH3 is 2. The smallest absolute Gasteiger partial charge is 0.169 e. The molecule has 1 aromatic rings. The predicted octanol–water partition coefficient (Wildman–Crippen LogP) is 2.61. The molecule has 0 aliphatic rings. The van der Waals surface area contributed by atoms with Crippen LogP contribution in [0.4, 0.5) is 0 Å². The van der Waals surface area contributed by atoms with E-state index in [0.29, 0.717) is 6.54 Å². The van der Waals surface area contributed by atoms with Gasteiger partial charge in [-0.25, -0.2) is 0 Å². The molecule has 0 fully saturated rings. The minimum Gasteiger partial charge on any atom is -0.355 e. The fraction of sp³-hybridized carbons (Fsp3) is 0.500. The number of halogens is 1. The molecule has 0 bridgehead atoms. The molecule has 0 radical (unpaired) electrons. The lowest BCUT2D eigenvalue weighted by molar-refractivity contribution is -0.0997. The average Bonchev–Trinajstić information content (AvgIpc) is 2.30. The Hall–Kier alpha value is -0.610. The number of hydrogen-bond acceptors (Lipinski definition) is 3. The van der Waals surface area contributed by atoms with E-state index in [9.17, 15) is 0 Å². The number of rotatable bonds is 6. The molecule has 0 aliphatic carbocycles. The Bertz CT molecular complexity index is 316. The van der Waals surface area contributed by atoms with Crippen LogP contribution in [0.3, 0.4) is 0 Å². The minimum absolute atomic E-state index is 0.168. The third-order valence-corrected chi connectivity index (χ3v) is 2.83. The highest BCUT2D eigenvalue weighted by Crippen LogP contribution is 2.21. The van der Waals surface area contributed by atoms with Crippen molar-refractivity contribution in [2.45, 2.75) is 19.3 Å². The molecule has 3 nitrogen and oxygen atoms in total. The zero-order chi connectivity index (χ0) is 12.0. The first kappa shape index (κ1) is 13.5. The van der Waals surface area contributed by atoms with Crippen LogP contribution in [0.2, 0.25) is 5.02 Å². The van der Waals surface area contributed by atoms with Crippen LogP contribution in [-0.2, 0) is 9.47 Å². The summed E-state index contributed by atoms with van der Waals surface area (Å²) >= 11 is 6.10. The number of nitrogens with one attached hydrogen (secondary N) is 1. The highest BCUT2D eigenvalue weighted by molar-refractivity contribution is 6.31. The number of hydrogen-bond donors (Lipinski definition) is 1. The van der Waals surface area contributed by atoms with Crippen molar-refractivity contribution < 1.29 is 9.47 Å². The lowest BCUT2D eigenvalue weighted by atomic mass is 10.1. The summed E-state index contributed by atoms with van der Waals surface area (Å²) in [4.78, 5) is 0. The molecule has 0 saturated carbocycles. The van der Waals surface area contributed by atoms with Crippen molar-refractivity contribution in [2.24, 2.45) is 0 Å². The zero-order valence-electron chi connectivity index (χ0n) is 9.87. The van der Waals surface area contributed by atoms with E-state index in [1.54, 1.807) is 14.2 Å². The summed E-state index contributed by atoms with van der Waals surface area (Å²) in [5, 5.41) is 4.08. The van der Waals surface area contributed by atoms with E-state index in [2.05, 4.69) is 12.2 Å². The second-order valence-corrected chi connectivity index (χ2v) is 3.96. The van der Waals surface area contributed by atoms with E-state index in [1.807, 2.05) is 24.3 Å². The van der Waals surface area contributed by atoms with Gasteiger partial charge in [0, 0.05) is 31.8 Å². The zero-order valence-corrected chi connectivity index (χ0v) is 10.6. The van der Waals surface area contributed by atoms with Gasteiger partial charge in [0.25, 0.3) is 0 Å². The predicted molar refractivity (Wildman–Crippen MR) is 65.7 cm³/mol. The molecule has 16 heavy (non-hydrogen) atoms.